The van der Waals surface area contributed by atoms with Crippen LogP contribution >= 0.6 is 0 Å². The summed E-state index contributed by atoms with van der Waals surface area (Å²) < 4.78 is 0. The SMILES string of the molecule is Cc1c(C(=O)N/N=C\c2ccccc2O)cccc1[N+](=O)[O-]. The fourth-order valence-corrected chi connectivity index (χ4v) is 1.88. The van der Waals surface area contributed by atoms with Crippen LogP contribution in [0.25, 0.3) is 0 Å². The maximum absolute atomic E-state index is 12.0. The van der Waals surface area contributed by atoms with E-state index in [-0.39, 0.29) is 22.6 Å². The van der Waals surface area contributed by atoms with Crippen LogP contribution < -0.4 is 5.43 Å². The highest BCUT2D eigenvalue weighted by Gasteiger charge is 2.17. The lowest BCUT2D eigenvalue weighted by molar-refractivity contribution is -0.385. The lowest BCUT2D eigenvalue weighted by Crippen LogP contribution is -2.19. The van der Waals surface area contributed by atoms with Crippen molar-refractivity contribution in [2.24, 2.45) is 5.10 Å². The Labute approximate surface area is 126 Å². The highest BCUT2D eigenvalue weighted by atomic mass is 16.6. The van der Waals surface area contributed by atoms with Gasteiger partial charge in [0.05, 0.1) is 16.7 Å². The molecule has 1 amide bonds. The van der Waals surface area contributed by atoms with Crippen molar-refractivity contribution in [2.45, 2.75) is 6.92 Å². The van der Waals surface area contributed by atoms with E-state index in [9.17, 15) is 20.0 Å². The highest BCUT2D eigenvalue weighted by molar-refractivity contribution is 5.97. The molecule has 0 unspecified atom stereocenters. The average Bonchev–Trinajstić information content (AvgIpc) is 2.49. The summed E-state index contributed by atoms with van der Waals surface area (Å²) >= 11 is 0. The van der Waals surface area contributed by atoms with Gasteiger partial charge in [0.1, 0.15) is 5.75 Å². The number of para-hydroxylation sites is 1. The van der Waals surface area contributed by atoms with Crippen molar-refractivity contribution in [1.29, 1.82) is 0 Å². The molecule has 22 heavy (non-hydrogen) atoms. The smallest absolute Gasteiger partial charge is 0.273 e. The second kappa shape index (κ2) is 6.49. The zero-order chi connectivity index (χ0) is 16.1. The van der Waals surface area contributed by atoms with E-state index in [4.69, 9.17) is 0 Å². The van der Waals surface area contributed by atoms with Crippen molar-refractivity contribution < 1.29 is 14.8 Å². The summed E-state index contributed by atoms with van der Waals surface area (Å²) in [6, 6.07) is 10.8. The third-order valence-electron chi connectivity index (χ3n) is 3.05. The van der Waals surface area contributed by atoms with Crippen molar-refractivity contribution in [1.82, 2.24) is 5.43 Å². The first-order chi connectivity index (χ1) is 10.5. The van der Waals surface area contributed by atoms with Gasteiger partial charge in [-0.15, -0.1) is 0 Å². The summed E-state index contributed by atoms with van der Waals surface area (Å²) in [5.74, 6) is -0.528. The summed E-state index contributed by atoms with van der Waals surface area (Å²) in [6.07, 6.45) is 1.29. The normalized spacial score (nSPS) is 10.6. The molecule has 0 atom stereocenters. The molecule has 2 aromatic rings. The number of benzene rings is 2. The number of phenolic OH excluding ortho intramolecular Hbond substituents is 1. The van der Waals surface area contributed by atoms with E-state index in [0.717, 1.165) is 0 Å². The van der Waals surface area contributed by atoms with Crippen LogP contribution in [0, 0.1) is 17.0 Å². The number of nitro groups is 1. The van der Waals surface area contributed by atoms with Gasteiger partial charge in [0.2, 0.25) is 0 Å². The summed E-state index contributed by atoms with van der Waals surface area (Å²) in [5.41, 5.74) is 3.03. The van der Waals surface area contributed by atoms with Crippen molar-refractivity contribution in [3.63, 3.8) is 0 Å². The number of carbonyl (C=O) groups excluding carboxylic acids is 1. The van der Waals surface area contributed by atoms with Crippen molar-refractivity contribution in [3.8, 4) is 5.75 Å². The minimum Gasteiger partial charge on any atom is -0.507 e. The molecule has 0 radical (unpaired) electrons. The van der Waals surface area contributed by atoms with Crippen LogP contribution in [-0.4, -0.2) is 22.2 Å². The number of aromatic hydroxyl groups is 1. The number of hydrogen-bond donors (Lipinski definition) is 2. The van der Waals surface area contributed by atoms with Gasteiger partial charge in [0.25, 0.3) is 11.6 Å². The van der Waals surface area contributed by atoms with Gasteiger partial charge in [-0.3, -0.25) is 14.9 Å². The standard InChI is InChI=1S/C15H13N3O4/c1-10-12(6-4-7-13(10)18(21)22)15(20)17-16-9-11-5-2-3-8-14(11)19/h2-9,19H,1H3,(H,17,20)/b16-9-. The largest absolute Gasteiger partial charge is 0.507 e. The van der Waals surface area contributed by atoms with Crippen molar-refractivity contribution in [3.05, 3.63) is 69.3 Å². The molecule has 112 valence electrons. The molecule has 0 saturated heterocycles. The Kier molecular flexibility index (Phi) is 4.47. The van der Waals surface area contributed by atoms with E-state index in [0.29, 0.717) is 5.56 Å². The lowest BCUT2D eigenvalue weighted by atomic mass is 10.1. The number of hydrogen-bond acceptors (Lipinski definition) is 5. The Bertz CT molecular complexity index is 756. The molecule has 0 heterocycles. The summed E-state index contributed by atoms with van der Waals surface area (Å²) in [6.45, 7) is 1.50. The van der Waals surface area contributed by atoms with E-state index >= 15 is 0 Å². The average molecular weight is 299 g/mol. The molecule has 2 rings (SSSR count). The van der Waals surface area contributed by atoms with Gasteiger partial charge in [-0.2, -0.15) is 5.10 Å². The van der Waals surface area contributed by atoms with Crippen LogP contribution in [0.2, 0.25) is 0 Å². The van der Waals surface area contributed by atoms with Gasteiger partial charge in [-0.1, -0.05) is 18.2 Å². The van der Waals surface area contributed by atoms with Crippen LogP contribution in [0.1, 0.15) is 21.5 Å². The Hall–Kier alpha value is -3.22. The molecular formula is C15H13N3O4. The first-order valence-electron chi connectivity index (χ1n) is 6.36. The van der Waals surface area contributed by atoms with E-state index in [1.807, 2.05) is 0 Å². The molecule has 2 N–H and O–H groups in total. The zero-order valence-corrected chi connectivity index (χ0v) is 11.7. The Morgan fingerprint density at radius 2 is 2.00 bits per heavy atom. The van der Waals surface area contributed by atoms with E-state index in [1.54, 1.807) is 18.2 Å². The van der Waals surface area contributed by atoms with Crippen LogP contribution in [0.15, 0.2) is 47.6 Å². The highest BCUT2D eigenvalue weighted by Crippen LogP contribution is 2.20. The summed E-state index contributed by atoms with van der Waals surface area (Å²) in [7, 11) is 0. The first-order valence-corrected chi connectivity index (χ1v) is 6.36. The molecule has 0 fully saturated rings. The number of phenols is 1. The second-order valence-electron chi connectivity index (χ2n) is 4.46. The van der Waals surface area contributed by atoms with Gasteiger partial charge in [-0.25, -0.2) is 5.43 Å². The van der Waals surface area contributed by atoms with E-state index in [2.05, 4.69) is 10.5 Å². The number of nitrogens with one attached hydrogen (secondary N) is 1. The number of carbonyl (C=O) groups is 1. The van der Waals surface area contributed by atoms with Gasteiger partial charge < -0.3 is 5.11 Å². The predicted octanol–water partition coefficient (Wildman–Crippen LogP) is 2.37. The molecule has 0 spiro atoms. The quantitative estimate of drug-likeness (QED) is 0.513. The van der Waals surface area contributed by atoms with Crippen molar-refractivity contribution in [2.75, 3.05) is 0 Å². The minimum absolute atomic E-state index is 0.0343. The number of nitrogens with zero attached hydrogens (tertiary/aromatic N) is 2. The number of nitro benzene ring substituents is 1. The molecule has 0 aliphatic heterocycles. The van der Waals surface area contributed by atoms with Gasteiger partial charge in [0, 0.05) is 17.2 Å². The molecule has 0 aliphatic carbocycles. The van der Waals surface area contributed by atoms with Gasteiger partial charge >= 0.3 is 0 Å². The topological polar surface area (TPSA) is 105 Å². The van der Waals surface area contributed by atoms with Crippen molar-refractivity contribution >= 4 is 17.8 Å². The fourth-order valence-electron chi connectivity index (χ4n) is 1.88. The maximum Gasteiger partial charge on any atom is 0.273 e. The summed E-state index contributed by atoms with van der Waals surface area (Å²) in [4.78, 5) is 22.3. The van der Waals surface area contributed by atoms with E-state index < -0.39 is 10.8 Å². The fraction of sp³-hybridized carbons (Fsp3) is 0.0667. The predicted molar refractivity (Wildman–Crippen MR) is 81.0 cm³/mol. The van der Waals surface area contributed by atoms with Crippen LogP contribution in [0.4, 0.5) is 5.69 Å². The zero-order valence-electron chi connectivity index (χ0n) is 11.7. The Morgan fingerprint density at radius 1 is 1.27 bits per heavy atom. The van der Waals surface area contributed by atoms with Crippen LogP contribution in [0.5, 0.6) is 5.75 Å². The van der Waals surface area contributed by atoms with Gasteiger partial charge in [-0.05, 0) is 25.1 Å². The van der Waals surface area contributed by atoms with Gasteiger partial charge in [0.15, 0.2) is 0 Å². The molecule has 7 nitrogen and oxygen atoms in total. The number of amides is 1. The summed E-state index contributed by atoms with van der Waals surface area (Å²) in [5, 5.41) is 24.1. The molecule has 0 aliphatic rings. The third kappa shape index (κ3) is 3.26. The molecule has 0 bridgehead atoms. The number of hydrazone groups is 1. The third-order valence-corrected chi connectivity index (χ3v) is 3.05. The minimum atomic E-state index is -0.562. The monoisotopic (exact) mass is 299 g/mol. The van der Waals surface area contributed by atoms with E-state index in [1.165, 1.54) is 37.4 Å². The van der Waals surface area contributed by atoms with Crippen LogP contribution in [-0.2, 0) is 0 Å². The molecular weight excluding hydrogens is 286 g/mol. The second-order valence-corrected chi connectivity index (χ2v) is 4.46. The number of rotatable bonds is 4. The Balaban J connectivity index is 2.15. The molecule has 2 aromatic carbocycles. The van der Waals surface area contributed by atoms with Crippen LogP contribution in [0.3, 0.4) is 0 Å². The maximum atomic E-state index is 12.0. The first kappa shape index (κ1) is 15.2. The molecule has 0 saturated carbocycles. The lowest BCUT2D eigenvalue weighted by Gasteiger charge is -2.04. The molecule has 0 aromatic heterocycles. The molecule has 7 heteroatoms. The Morgan fingerprint density at radius 3 is 2.68 bits per heavy atom.